The Kier molecular flexibility index (Phi) is 7.83. The van der Waals surface area contributed by atoms with Gasteiger partial charge in [0.2, 0.25) is 11.8 Å². The third kappa shape index (κ3) is 6.86. The number of hydrogen-bond donors (Lipinski definition) is 2. The molecule has 2 aromatic heterocycles. The maximum Gasteiger partial charge on any atom is 0.417 e. The molecule has 2 amide bonds. The summed E-state index contributed by atoms with van der Waals surface area (Å²) in [6, 6.07) is 3.58. The summed E-state index contributed by atoms with van der Waals surface area (Å²) in [4.78, 5) is 31.7. The maximum absolute atomic E-state index is 12.7. The van der Waals surface area contributed by atoms with Crippen molar-refractivity contribution in [2.24, 2.45) is 0 Å². The summed E-state index contributed by atoms with van der Waals surface area (Å²) >= 11 is 5.80. The Labute approximate surface area is 181 Å². The highest BCUT2D eigenvalue weighted by Crippen LogP contribution is 2.33. The second-order valence-electron chi connectivity index (χ2n) is 6.28. The van der Waals surface area contributed by atoms with Crippen molar-refractivity contribution in [3.8, 4) is 18.2 Å². The predicted octanol–water partition coefficient (Wildman–Crippen LogP) is 3.62. The summed E-state index contributed by atoms with van der Waals surface area (Å²) in [5.74, 6) is 1.41. The first kappa shape index (κ1) is 24.0. The van der Waals surface area contributed by atoms with E-state index < -0.39 is 23.8 Å². The van der Waals surface area contributed by atoms with Crippen molar-refractivity contribution in [2.75, 3.05) is 11.9 Å². The molecule has 0 unspecified atom stereocenters. The number of halogens is 4. The summed E-state index contributed by atoms with van der Waals surface area (Å²) in [5.41, 5.74) is -0.306. The van der Waals surface area contributed by atoms with Crippen molar-refractivity contribution in [2.45, 2.75) is 32.5 Å². The molecule has 7 nitrogen and oxygen atoms in total. The number of terminal acetylenes is 1. The second kappa shape index (κ2) is 10.1. The molecule has 0 saturated carbocycles. The monoisotopic (exact) mass is 454 g/mol. The summed E-state index contributed by atoms with van der Waals surface area (Å²) < 4.78 is 43.4. The lowest BCUT2D eigenvalue weighted by molar-refractivity contribution is -0.137. The lowest BCUT2D eigenvalue weighted by atomic mass is 10.2. The van der Waals surface area contributed by atoms with E-state index in [1.807, 2.05) is 0 Å². The van der Waals surface area contributed by atoms with Crippen LogP contribution in [0.5, 0.6) is 5.88 Å². The fourth-order valence-corrected chi connectivity index (χ4v) is 2.53. The van der Waals surface area contributed by atoms with Crippen LogP contribution < -0.4 is 15.4 Å². The van der Waals surface area contributed by atoms with Gasteiger partial charge in [-0.05, 0) is 25.1 Å². The fourth-order valence-electron chi connectivity index (χ4n) is 2.32. The van der Waals surface area contributed by atoms with E-state index in [0.717, 1.165) is 0 Å². The molecule has 31 heavy (non-hydrogen) atoms. The third-order valence-corrected chi connectivity index (χ3v) is 4.10. The van der Waals surface area contributed by atoms with Crippen molar-refractivity contribution in [3.05, 3.63) is 46.2 Å². The zero-order valence-electron chi connectivity index (χ0n) is 16.5. The van der Waals surface area contributed by atoms with Gasteiger partial charge in [0.15, 0.2) is 6.10 Å². The molecule has 0 saturated heterocycles. The minimum Gasteiger partial charge on any atom is -0.458 e. The standard InChI is InChI=1S/C20H18ClF3N4O3/c1-4-14(31-19-15(21)8-13(9-26-19)20(22,23)24)10-25-18(30)12-6-11(3)27-16(7-12)28-17(29)5-2/h1,6-9,14H,5,10H2,2-3H3,(H,25,30)(H,27,28,29)/t14-/m1/s1. The number of anilines is 1. The zero-order chi connectivity index (χ0) is 23.2. The predicted molar refractivity (Wildman–Crippen MR) is 108 cm³/mol. The number of nitrogens with zero attached hydrogens (tertiary/aromatic N) is 2. The molecule has 11 heteroatoms. The molecular formula is C20H18ClF3N4O3. The highest BCUT2D eigenvalue weighted by atomic mass is 35.5. The normalized spacial score (nSPS) is 11.9. The Hall–Kier alpha value is -3.32. The molecule has 0 aliphatic heterocycles. The highest BCUT2D eigenvalue weighted by molar-refractivity contribution is 6.31. The first-order valence-corrected chi connectivity index (χ1v) is 9.33. The van der Waals surface area contributed by atoms with Gasteiger partial charge in [-0.1, -0.05) is 24.4 Å². The number of hydrogen-bond acceptors (Lipinski definition) is 5. The largest absolute Gasteiger partial charge is 0.458 e. The number of rotatable bonds is 7. The van der Waals surface area contributed by atoms with Crippen molar-refractivity contribution >= 4 is 29.2 Å². The smallest absolute Gasteiger partial charge is 0.417 e. The number of pyridine rings is 2. The summed E-state index contributed by atoms with van der Waals surface area (Å²) in [6.07, 6.45) is 0.543. The van der Waals surface area contributed by atoms with E-state index >= 15 is 0 Å². The number of carbonyl (C=O) groups excluding carboxylic acids is 2. The first-order chi connectivity index (χ1) is 14.5. The Morgan fingerprint density at radius 1 is 1.32 bits per heavy atom. The Balaban J connectivity index is 2.05. The van der Waals surface area contributed by atoms with Gasteiger partial charge in [-0.3, -0.25) is 9.59 Å². The number of amides is 2. The highest BCUT2D eigenvalue weighted by Gasteiger charge is 2.32. The van der Waals surface area contributed by atoms with Crippen LogP contribution in [0.15, 0.2) is 24.4 Å². The molecule has 2 rings (SSSR count). The molecule has 0 aliphatic carbocycles. The molecule has 0 aliphatic rings. The SMILES string of the molecule is C#C[C@H](CNC(=O)c1cc(C)nc(NC(=O)CC)c1)Oc1ncc(C(F)(F)F)cc1Cl. The molecule has 0 spiro atoms. The van der Waals surface area contributed by atoms with Gasteiger partial charge in [-0.15, -0.1) is 6.42 Å². The van der Waals surface area contributed by atoms with Crippen LogP contribution in [0.2, 0.25) is 5.02 Å². The molecule has 0 radical (unpaired) electrons. The van der Waals surface area contributed by atoms with Crippen LogP contribution in [0.4, 0.5) is 19.0 Å². The van der Waals surface area contributed by atoms with Crippen LogP contribution in [0, 0.1) is 19.3 Å². The minimum absolute atomic E-state index is 0.174. The number of ether oxygens (including phenoxy) is 1. The van der Waals surface area contributed by atoms with Crippen molar-refractivity contribution < 1.29 is 27.5 Å². The van der Waals surface area contributed by atoms with E-state index in [9.17, 15) is 22.8 Å². The van der Waals surface area contributed by atoms with Crippen LogP contribution in [-0.2, 0) is 11.0 Å². The van der Waals surface area contributed by atoms with Gasteiger partial charge < -0.3 is 15.4 Å². The Morgan fingerprint density at radius 2 is 2.03 bits per heavy atom. The number of nitrogens with one attached hydrogen (secondary N) is 2. The maximum atomic E-state index is 12.7. The van der Waals surface area contributed by atoms with Crippen LogP contribution in [0.25, 0.3) is 0 Å². The van der Waals surface area contributed by atoms with Gasteiger partial charge in [-0.2, -0.15) is 13.2 Å². The van der Waals surface area contributed by atoms with Crippen LogP contribution in [0.1, 0.15) is 35.0 Å². The van der Waals surface area contributed by atoms with Gasteiger partial charge in [0, 0.05) is 23.9 Å². The number of aromatic nitrogens is 2. The van der Waals surface area contributed by atoms with E-state index in [0.29, 0.717) is 18.0 Å². The van der Waals surface area contributed by atoms with E-state index in [2.05, 4.69) is 26.5 Å². The second-order valence-corrected chi connectivity index (χ2v) is 6.68. The molecule has 2 aromatic rings. The van der Waals surface area contributed by atoms with Crippen molar-refractivity contribution in [1.29, 1.82) is 0 Å². The summed E-state index contributed by atoms with van der Waals surface area (Å²) in [7, 11) is 0. The van der Waals surface area contributed by atoms with Crippen LogP contribution in [-0.4, -0.2) is 34.4 Å². The molecule has 2 heterocycles. The summed E-state index contributed by atoms with van der Waals surface area (Å²) in [5, 5.41) is 4.74. The zero-order valence-corrected chi connectivity index (χ0v) is 17.3. The number of carbonyl (C=O) groups is 2. The van der Waals surface area contributed by atoms with Crippen molar-refractivity contribution in [1.82, 2.24) is 15.3 Å². The minimum atomic E-state index is -4.60. The van der Waals surface area contributed by atoms with Gasteiger partial charge in [0.1, 0.15) is 10.8 Å². The van der Waals surface area contributed by atoms with Crippen LogP contribution >= 0.6 is 11.6 Å². The van der Waals surface area contributed by atoms with Gasteiger partial charge in [0.25, 0.3) is 5.91 Å². The van der Waals surface area contributed by atoms with E-state index in [-0.39, 0.29) is 41.2 Å². The summed E-state index contributed by atoms with van der Waals surface area (Å²) in [6.45, 7) is 3.16. The van der Waals surface area contributed by atoms with E-state index in [4.69, 9.17) is 22.8 Å². The van der Waals surface area contributed by atoms with E-state index in [1.165, 1.54) is 12.1 Å². The molecule has 1 atom stereocenters. The third-order valence-electron chi connectivity index (χ3n) is 3.83. The topological polar surface area (TPSA) is 93.2 Å². The average Bonchev–Trinajstić information content (AvgIpc) is 2.70. The quantitative estimate of drug-likeness (QED) is 0.623. The molecule has 0 aromatic carbocycles. The van der Waals surface area contributed by atoms with Gasteiger partial charge in [0.05, 0.1) is 12.1 Å². The Morgan fingerprint density at radius 3 is 2.61 bits per heavy atom. The molecular weight excluding hydrogens is 437 g/mol. The lowest BCUT2D eigenvalue weighted by Gasteiger charge is -2.16. The average molecular weight is 455 g/mol. The van der Waals surface area contributed by atoms with E-state index in [1.54, 1.807) is 13.8 Å². The number of alkyl halides is 3. The van der Waals surface area contributed by atoms with Gasteiger partial charge in [-0.25, -0.2) is 9.97 Å². The molecule has 164 valence electrons. The molecule has 0 bridgehead atoms. The number of aryl methyl sites for hydroxylation is 1. The lowest BCUT2D eigenvalue weighted by Crippen LogP contribution is -2.34. The molecule has 2 N–H and O–H groups in total. The first-order valence-electron chi connectivity index (χ1n) is 8.95. The van der Waals surface area contributed by atoms with Crippen LogP contribution in [0.3, 0.4) is 0 Å². The van der Waals surface area contributed by atoms with Crippen molar-refractivity contribution in [3.63, 3.8) is 0 Å². The Bertz CT molecular complexity index is 1020. The van der Waals surface area contributed by atoms with Gasteiger partial charge >= 0.3 is 6.18 Å². The fraction of sp³-hybridized carbons (Fsp3) is 0.300. The molecule has 0 fully saturated rings.